The molecule has 0 aliphatic carbocycles. The Labute approximate surface area is 130 Å². The van der Waals surface area contributed by atoms with Gasteiger partial charge < -0.3 is 4.74 Å². The van der Waals surface area contributed by atoms with E-state index in [0.717, 1.165) is 4.90 Å². The number of carbonyl (C=O) groups excluding carboxylic acids is 1. The summed E-state index contributed by atoms with van der Waals surface area (Å²) in [6.07, 6.45) is 0. The van der Waals surface area contributed by atoms with Crippen molar-refractivity contribution in [2.75, 3.05) is 7.11 Å². The van der Waals surface area contributed by atoms with Crippen molar-refractivity contribution in [2.24, 2.45) is 0 Å². The third kappa shape index (κ3) is 3.95. The highest BCUT2D eigenvalue weighted by Crippen LogP contribution is 2.27. The summed E-state index contributed by atoms with van der Waals surface area (Å²) in [5.41, 5.74) is 0.599. The summed E-state index contributed by atoms with van der Waals surface area (Å²) in [4.78, 5) is 12.1. The number of hydrogen-bond donors (Lipinski definition) is 0. The minimum atomic E-state index is -0.711. The molecular weight excluding hydrogens is 318 g/mol. The van der Waals surface area contributed by atoms with Crippen LogP contribution >= 0.6 is 23.4 Å². The highest BCUT2D eigenvalue weighted by Gasteiger charge is 2.12. The van der Waals surface area contributed by atoms with Gasteiger partial charge in [0.1, 0.15) is 11.6 Å². The summed E-state index contributed by atoms with van der Waals surface area (Å²) in [6, 6.07) is 8.71. The molecule has 0 unspecified atom stereocenters. The second-order valence-corrected chi connectivity index (χ2v) is 5.63. The Morgan fingerprint density at radius 3 is 2.57 bits per heavy atom. The zero-order valence-corrected chi connectivity index (χ0v) is 12.6. The van der Waals surface area contributed by atoms with Gasteiger partial charge in [0.25, 0.3) is 0 Å². The number of halogens is 3. The summed E-state index contributed by atoms with van der Waals surface area (Å²) in [6.45, 7) is 0. The number of methoxy groups -OCH3 is 1. The summed E-state index contributed by atoms with van der Waals surface area (Å²) < 4.78 is 31.3. The second kappa shape index (κ2) is 6.91. The molecule has 0 aliphatic heterocycles. The lowest BCUT2D eigenvalue weighted by Gasteiger charge is -2.06. The second-order valence-electron chi connectivity index (χ2n) is 4.17. The van der Waals surface area contributed by atoms with Crippen LogP contribution in [-0.4, -0.2) is 13.1 Å². The van der Waals surface area contributed by atoms with E-state index in [0.29, 0.717) is 11.3 Å². The zero-order valence-electron chi connectivity index (χ0n) is 11.0. The Bertz CT molecular complexity index is 677. The van der Waals surface area contributed by atoms with Gasteiger partial charge in [0, 0.05) is 10.6 Å². The van der Waals surface area contributed by atoms with Gasteiger partial charge in [-0.05, 0) is 35.9 Å². The Kier molecular flexibility index (Phi) is 5.20. The zero-order chi connectivity index (χ0) is 15.4. The first-order valence-corrected chi connectivity index (χ1v) is 7.32. The largest absolute Gasteiger partial charge is 0.465 e. The van der Waals surface area contributed by atoms with Crippen molar-refractivity contribution < 1.29 is 18.3 Å². The fraction of sp³-hybridized carbons (Fsp3) is 0.133. The van der Waals surface area contributed by atoms with Crippen LogP contribution in [0.2, 0.25) is 5.02 Å². The van der Waals surface area contributed by atoms with Crippen molar-refractivity contribution in [1.82, 2.24) is 0 Å². The van der Waals surface area contributed by atoms with E-state index in [1.54, 1.807) is 12.1 Å². The molecule has 0 aliphatic rings. The molecule has 0 aromatic heterocycles. The van der Waals surface area contributed by atoms with Gasteiger partial charge in [-0.2, -0.15) is 0 Å². The van der Waals surface area contributed by atoms with Gasteiger partial charge in [0.15, 0.2) is 0 Å². The van der Waals surface area contributed by atoms with Crippen molar-refractivity contribution in [3.05, 3.63) is 64.2 Å². The van der Waals surface area contributed by atoms with Crippen LogP contribution < -0.4 is 0 Å². The first-order chi connectivity index (χ1) is 10.0. The van der Waals surface area contributed by atoms with Gasteiger partial charge in [0.2, 0.25) is 0 Å². The van der Waals surface area contributed by atoms with Crippen LogP contribution in [0.15, 0.2) is 41.3 Å². The Hall–Kier alpha value is -1.59. The number of thioether (sulfide) groups is 1. The first kappa shape index (κ1) is 15.8. The molecule has 0 bridgehead atoms. The molecule has 2 aromatic carbocycles. The molecule has 0 atom stereocenters. The quantitative estimate of drug-likeness (QED) is 0.601. The lowest BCUT2D eigenvalue weighted by atomic mass is 10.1. The Morgan fingerprint density at radius 1 is 1.19 bits per heavy atom. The molecule has 110 valence electrons. The normalized spacial score (nSPS) is 10.5. The smallest absolute Gasteiger partial charge is 0.340 e. The Morgan fingerprint density at radius 2 is 1.95 bits per heavy atom. The molecular formula is C15H11ClF2O2S. The van der Waals surface area contributed by atoms with E-state index in [1.807, 2.05) is 0 Å². The predicted octanol–water partition coefficient (Wildman–Crippen LogP) is 4.70. The topological polar surface area (TPSA) is 26.3 Å². The molecule has 0 spiro atoms. The summed E-state index contributed by atoms with van der Waals surface area (Å²) in [7, 11) is 1.20. The summed E-state index contributed by atoms with van der Waals surface area (Å²) >= 11 is 7.08. The number of esters is 1. The van der Waals surface area contributed by atoms with E-state index in [-0.39, 0.29) is 10.6 Å². The predicted molar refractivity (Wildman–Crippen MR) is 78.7 cm³/mol. The molecule has 0 radical (unpaired) electrons. The van der Waals surface area contributed by atoms with E-state index < -0.39 is 17.6 Å². The fourth-order valence-corrected chi connectivity index (χ4v) is 2.78. The molecule has 0 N–H and O–H groups in total. The third-order valence-corrected chi connectivity index (χ3v) is 4.09. The van der Waals surface area contributed by atoms with Crippen LogP contribution in [0, 0.1) is 11.6 Å². The molecule has 0 amide bonds. The standard InChI is InChI=1S/C15H11ClF2O2S/c1-20-15(19)11-4-2-9(6-14(11)18)8-21-10-3-5-13(17)12(16)7-10/h2-7H,8H2,1H3. The number of carbonyl (C=O) groups is 1. The van der Waals surface area contributed by atoms with E-state index in [9.17, 15) is 13.6 Å². The van der Waals surface area contributed by atoms with Gasteiger partial charge in [-0.1, -0.05) is 17.7 Å². The highest BCUT2D eigenvalue weighted by molar-refractivity contribution is 7.98. The van der Waals surface area contributed by atoms with E-state index in [1.165, 1.54) is 43.1 Å². The van der Waals surface area contributed by atoms with Gasteiger partial charge >= 0.3 is 5.97 Å². The van der Waals surface area contributed by atoms with Crippen LogP contribution in [0.5, 0.6) is 0 Å². The average molecular weight is 329 g/mol. The van der Waals surface area contributed by atoms with Gasteiger partial charge in [-0.25, -0.2) is 13.6 Å². The van der Waals surface area contributed by atoms with Gasteiger partial charge in [-0.15, -0.1) is 11.8 Å². The number of rotatable bonds is 4. The van der Waals surface area contributed by atoms with Crippen LogP contribution in [0.25, 0.3) is 0 Å². The number of hydrogen-bond acceptors (Lipinski definition) is 3. The highest BCUT2D eigenvalue weighted by atomic mass is 35.5. The number of ether oxygens (including phenoxy) is 1. The van der Waals surface area contributed by atoms with Crippen molar-refractivity contribution in [1.29, 1.82) is 0 Å². The molecule has 0 saturated carbocycles. The summed E-state index contributed by atoms with van der Waals surface area (Å²) in [5, 5.41) is 0.0484. The van der Waals surface area contributed by atoms with Crippen LogP contribution in [0.1, 0.15) is 15.9 Å². The van der Waals surface area contributed by atoms with Crippen LogP contribution in [-0.2, 0) is 10.5 Å². The van der Waals surface area contributed by atoms with Crippen LogP contribution in [0.4, 0.5) is 8.78 Å². The molecule has 6 heteroatoms. The van der Waals surface area contributed by atoms with E-state index in [2.05, 4.69) is 4.74 Å². The van der Waals surface area contributed by atoms with Crippen molar-refractivity contribution in [2.45, 2.75) is 10.6 Å². The lowest BCUT2D eigenvalue weighted by molar-refractivity contribution is 0.0595. The maximum absolute atomic E-state index is 13.7. The van der Waals surface area contributed by atoms with Crippen LogP contribution in [0.3, 0.4) is 0 Å². The minimum absolute atomic E-state index is 0.0484. The monoisotopic (exact) mass is 328 g/mol. The van der Waals surface area contributed by atoms with E-state index >= 15 is 0 Å². The van der Waals surface area contributed by atoms with Crippen molar-refractivity contribution >= 4 is 29.3 Å². The molecule has 2 aromatic rings. The molecule has 21 heavy (non-hydrogen) atoms. The molecule has 0 heterocycles. The fourth-order valence-electron chi connectivity index (χ4n) is 1.66. The first-order valence-electron chi connectivity index (χ1n) is 5.96. The van der Waals surface area contributed by atoms with Gasteiger partial charge in [0.05, 0.1) is 17.7 Å². The molecule has 2 rings (SSSR count). The molecule has 2 nitrogen and oxygen atoms in total. The SMILES string of the molecule is COC(=O)c1ccc(CSc2ccc(F)c(Cl)c2)cc1F. The maximum atomic E-state index is 13.7. The summed E-state index contributed by atoms with van der Waals surface area (Å²) in [5.74, 6) is -1.34. The average Bonchev–Trinajstić information content (AvgIpc) is 2.48. The third-order valence-electron chi connectivity index (χ3n) is 2.74. The van der Waals surface area contributed by atoms with Crippen molar-refractivity contribution in [3.8, 4) is 0 Å². The van der Waals surface area contributed by atoms with Crippen molar-refractivity contribution in [3.63, 3.8) is 0 Å². The van der Waals surface area contributed by atoms with E-state index in [4.69, 9.17) is 11.6 Å². The lowest BCUT2D eigenvalue weighted by Crippen LogP contribution is -2.04. The Balaban J connectivity index is 2.08. The molecule has 0 saturated heterocycles. The van der Waals surface area contributed by atoms with Gasteiger partial charge in [-0.3, -0.25) is 0 Å². The minimum Gasteiger partial charge on any atom is -0.465 e. The maximum Gasteiger partial charge on any atom is 0.340 e. The number of benzene rings is 2. The molecule has 0 fully saturated rings.